The molecule has 0 amide bonds. The number of carboxylic acid groups (broad SMARTS) is 1. The summed E-state index contributed by atoms with van der Waals surface area (Å²) in [7, 11) is 0. The van der Waals surface area contributed by atoms with Crippen molar-refractivity contribution < 1.29 is 18.7 Å². The molecule has 7 heteroatoms. The van der Waals surface area contributed by atoms with Crippen molar-refractivity contribution >= 4 is 5.97 Å². The monoisotopic (exact) mass is 267 g/mol. The second-order valence-electron chi connectivity index (χ2n) is 4.32. The van der Waals surface area contributed by atoms with Gasteiger partial charge in [0.1, 0.15) is 5.82 Å². The highest BCUT2D eigenvalue weighted by atomic mass is 19.2. The number of carbonyl (C=O) groups is 1. The van der Waals surface area contributed by atoms with E-state index in [2.05, 4.69) is 15.2 Å². The smallest absolute Gasteiger partial charge is 0.336 e. The summed E-state index contributed by atoms with van der Waals surface area (Å²) in [4.78, 5) is 15.1. The number of aromatic nitrogens is 3. The molecule has 0 aliphatic rings. The third-order valence-electron chi connectivity index (χ3n) is 2.58. The summed E-state index contributed by atoms with van der Waals surface area (Å²) in [6, 6.07) is 1.41. The van der Waals surface area contributed by atoms with Crippen LogP contribution in [-0.4, -0.2) is 26.3 Å². The molecule has 0 bridgehead atoms. The molecule has 2 rings (SSSR count). The van der Waals surface area contributed by atoms with Crippen LogP contribution in [0.2, 0.25) is 0 Å². The third-order valence-corrected chi connectivity index (χ3v) is 2.58. The first kappa shape index (κ1) is 13.1. The molecule has 1 aromatic heterocycles. The molecule has 0 fully saturated rings. The van der Waals surface area contributed by atoms with E-state index in [-0.39, 0.29) is 22.9 Å². The zero-order valence-electron chi connectivity index (χ0n) is 10.2. The van der Waals surface area contributed by atoms with Gasteiger partial charge < -0.3 is 5.11 Å². The van der Waals surface area contributed by atoms with Crippen molar-refractivity contribution in [2.45, 2.75) is 19.8 Å². The molecule has 0 unspecified atom stereocenters. The van der Waals surface area contributed by atoms with Crippen molar-refractivity contribution in [2.75, 3.05) is 0 Å². The predicted octanol–water partition coefficient (Wildman–Crippen LogP) is 2.57. The normalized spacial score (nSPS) is 11.0. The first-order valence-electron chi connectivity index (χ1n) is 5.55. The van der Waals surface area contributed by atoms with Crippen LogP contribution >= 0.6 is 0 Å². The van der Waals surface area contributed by atoms with Crippen LogP contribution in [0.1, 0.15) is 35.9 Å². The van der Waals surface area contributed by atoms with Crippen LogP contribution in [-0.2, 0) is 0 Å². The highest BCUT2D eigenvalue weighted by molar-refractivity contribution is 5.95. The van der Waals surface area contributed by atoms with Gasteiger partial charge in [-0.15, -0.1) is 0 Å². The van der Waals surface area contributed by atoms with Gasteiger partial charge >= 0.3 is 5.97 Å². The lowest BCUT2D eigenvalue weighted by molar-refractivity contribution is 0.0697. The lowest BCUT2D eigenvalue weighted by Crippen LogP contribution is -2.03. The van der Waals surface area contributed by atoms with Crippen LogP contribution in [0.4, 0.5) is 8.78 Å². The van der Waals surface area contributed by atoms with Gasteiger partial charge in [-0.05, 0) is 12.1 Å². The lowest BCUT2D eigenvalue weighted by Gasteiger charge is -2.03. The second kappa shape index (κ2) is 4.75. The largest absolute Gasteiger partial charge is 0.478 e. The van der Waals surface area contributed by atoms with E-state index in [0.29, 0.717) is 11.9 Å². The van der Waals surface area contributed by atoms with E-state index in [9.17, 15) is 13.6 Å². The summed E-state index contributed by atoms with van der Waals surface area (Å²) in [6.07, 6.45) is 0. The number of rotatable bonds is 3. The van der Waals surface area contributed by atoms with E-state index in [4.69, 9.17) is 5.11 Å². The summed E-state index contributed by atoms with van der Waals surface area (Å²) in [5.74, 6) is -3.11. The highest BCUT2D eigenvalue weighted by Gasteiger charge is 2.20. The SMILES string of the molecule is CC(C)c1nc(-c2cc(F)c(F)cc2C(=O)O)n[nH]1. The Morgan fingerprint density at radius 3 is 2.47 bits per heavy atom. The standard InChI is InChI=1S/C12H11F2N3O2/c1-5(2)10-15-11(17-16-10)6-3-8(13)9(14)4-7(6)12(18)19/h3-5H,1-2H3,(H,18,19)(H,15,16,17). The number of carboxylic acids is 1. The van der Waals surface area contributed by atoms with E-state index in [1.165, 1.54) is 0 Å². The summed E-state index contributed by atoms with van der Waals surface area (Å²) in [5.41, 5.74) is -0.442. The molecule has 0 saturated heterocycles. The Labute approximate surface area is 107 Å². The van der Waals surface area contributed by atoms with Crippen LogP contribution in [0.15, 0.2) is 12.1 Å². The highest BCUT2D eigenvalue weighted by Crippen LogP contribution is 2.24. The summed E-state index contributed by atoms with van der Waals surface area (Å²) < 4.78 is 26.3. The minimum Gasteiger partial charge on any atom is -0.478 e. The molecule has 0 radical (unpaired) electrons. The molecule has 0 spiro atoms. The van der Waals surface area contributed by atoms with E-state index >= 15 is 0 Å². The summed E-state index contributed by atoms with van der Waals surface area (Å²) in [5, 5.41) is 15.5. The van der Waals surface area contributed by atoms with Gasteiger partial charge in [0.05, 0.1) is 5.56 Å². The molecule has 0 saturated carbocycles. The van der Waals surface area contributed by atoms with Crippen molar-refractivity contribution in [1.29, 1.82) is 0 Å². The van der Waals surface area contributed by atoms with Gasteiger partial charge in [-0.1, -0.05) is 13.8 Å². The fraction of sp³-hybridized carbons (Fsp3) is 0.250. The molecular formula is C12H11F2N3O2. The van der Waals surface area contributed by atoms with Gasteiger partial charge in [0.2, 0.25) is 0 Å². The quantitative estimate of drug-likeness (QED) is 0.895. The number of nitrogens with one attached hydrogen (secondary N) is 1. The van der Waals surface area contributed by atoms with Gasteiger partial charge in [-0.25, -0.2) is 18.6 Å². The molecule has 5 nitrogen and oxygen atoms in total. The molecule has 0 aliphatic heterocycles. The average molecular weight is 267 g/mol. The van der Waals surface area contributed by atoms with Gasteiger partial charge in [-0.2, -0.15) is 5.10 Å². The maximum atomic E-state index is 13.2. The lowest BCUT2D eigenvalue weighted by atomic mass is 10.1. The maximum absolute atomic E-state index is 13.2. The third kappa shape index (κ3) is 2.44. The Kier molecular flexibility index (Phi) is 3.28. The van der Waals surface area contributed by atoms with Crippen LogP contribution in [0.3, 0.4) is 0 Å². The Morgan fingerprint density at radius 1 is 1.32 bits per heavy atom. The Hall–Kier alpha value is -2.31. The van der Waals surface area contributed by atoms with Gasteiger partial charge in [-0.3, -0.25) is 5.10 Å². The van der Waals surface area contributed by atoms with E-state index in [0.717, 1.165) is 6.07 Å². The number of H-pyrrole nitrogens is 1. The molecule has 100 valence electrons. The topological polar surface area (TPSA) is 78.9 Å². The summed E-state index contributed by atoms with van der Waals surface area (Å²) in [6.45, 7) is 3.74. The Bertz CT molecular complexity index is 638. The first-order chi connectivity index (χ1) is 8.90. The molecule has 1 aromatic carbocycles. The molecule has 1 heterocycles. The number of nitrogens with zero attached hydrogens (tertiary/aromatic N) is 2. The molecule has 0 aliphatic carbocycles. The Morgan fingerprint density at radius 2 is 1.95 bits per heavy atom. The number of halogens is 2. The van der Waals surface area contributed by atoms with E-state index < -0.39 is 17.6 Å². The van der Waals surface area contributed by atoms with Crippen molar-refractivity contribution in [2.24, 2.45) is 0 Å². The molecule has 19 heavy (non-hydrogen) atoms. The second-order valence-corrected chi connectivity index (χ2v) is 4.32. The van der Waals surface area contributed by atoms with Gasteiger partial charge in [0.15, 0.2) is 17.5 Å². The molecule has 2 N–H and O–H groups in total. The number of benzene rings is 1. The molecular weight excluding hydrogens is 256 g/mol. The van der Waals surface area contributed by atoms with E-state index in [1.54, 1.807) is 0 Å². The average Bonchev–Trinajstić information content (AvgIpc) is 2.81. The maximum Gasteiger partial charge on any atom is 0.336 e. The zero-order chi connectivity index (χ0) is 14.2. The van der Waals surface area contributed by atoms with Crippen LogP contribution in [0.25, 0.3) is 11.4 Å². The van der Waals surface area contributed by atoms with Crippen LogP contribution in [0, 0.1) is 11.6 Å². The van der Waals surface area contributed by atoms with E-state index in [1.807, 2.05) is 13.8 Å². The predicted molar refractivity (Wildman–Crippen MR) is 62.8 cm³/mol. The number of aromatic amines is 1. The number of hydrogen-bond donors (Lipinski definition) is 2. The molecule has 2 aromatic rings. The first-order valence-corrected chi connectivity index (χ1v) is 5.55. The minimum absolute atomic E-state index is 0.0278. The van der Waals surface area contributed by atoms with Crippen molar-refractivity contribution in [1.82, 2.24) is 15.2 Å². The zero-order valence-corrected chi connectivity index (χ0v) is 10.2. The Balaban J connectivity index is 2.59. The number of hydrogen-bond acceptors (Lipinski definition) is 3. The van der Waals surface area contributed by atoms with Crippen molar-refractivity contribution in [3.05, 3.63) is 35.2 Å². The van der Waals surface area contributed by atoms with Crippen LogP contribution < -0.4 is 0 Å². The minimum atomic E-state index is -1.37. The van der Waals surface area contributed by atoms with Gasteiger partial charge in [0.25, 0.3) is 0 Å². The van der Waals surface area contributed by atoms with Crippen LogP contribution in [0.5, 0.6) is 0 Å². The van der Waals surface area contributed by atoms with Gasteiger partial charge in [0, 0.05) is 11.5 Å². The fourth-order valence-corrected chi connectivity index (χ4v) is 1.56. The fourth-order valence-electron chi connectivity index (χ4n) is 1.56. The molecule has 0 atom stereocenters. The van der Waals surface area contributed by atoms with Crippen molar-refractivity contribution in [3.63, 3.8) is 0 Å². The van der Waals surface area contributed by atoms with Crippen molar-refractivity contribution in [3.8, 4) is 11.4 Å². The summed E-state index contributed by atoms with van der Waals surface area (Å²) >= 11 is 0. The number of aromatic carboxylic acids is 1.